The zero-order valence-corrected chi connectivity index (χ0v) is 18.0. The Morgan fingerprint density at radius 2 is 1.84 bits per heavy atom. The molecule has 1 aliphatic rings. The number of rotatable bonds is 5. The Bertz CT molecular complexity index is 1380. The van der Waals surface area contributed by atoms with Gasteiger partial charge >= 0.3 is 0 Å². The minimum atomic E-state index is -0.212. The highest BCUT2D eigenvalue weighted by atomic mass is 32.2. The van der Waals surface area contributed by atoms with Crippen molar-refractivity contribution in [1.29, 1.82) is 0 Å². The van der Waals surface area contributed by atoms with Gasteiger partial charge in [-0.2, -0.15) is 0 Å². The van der Waals surface area contributed by atoms with Gasteiger partial charge in [0.25, 0.3) is 5.56 Å². The Balaban J connectivity index is 1.49. The highest BCUT2D eigenvalue weighted by Crippen LogP contribution is 2.34. The van der Waals surface area contributed by atoms with Crippen LogP contribution in [-0.2, 0) is 4.79 Å². The van der Waals surface area contributed by atoms with Crippen LogP contribution in [0, 0.1) is 6.92 Å². The van der Waals surface area contributed by atoms with E-state index in [0.717, 1.165) is 11.3 Å². The van der Waals surface area contributed by atoms with Crippen LogP contribution in [0.4, 0.5) is 5.69 Å². The smallest absolute Gasteiger partial charge is 0.266 e. The fourth-order valence-corrected chi connectivity index (χ4v) is 4.24. The number of ether oxygens (including phenoxy) is 2. The minimum absolute atomic E-state index is 0.100. The maximum atomic E-state index is 13.4. The molecule has 0 saturated heterocycles. The first kappa shape index (κ1) is 20.1. The van der Waals surface area contributed by atoms with E-state index in [2.05, 4.69) is 10.3 Å². The van der Waals surface area contributed by atoms with E-state index in [1.54, 1.807) is 36.4 Å². The molecule has 5 rings (SSSR count). The van der Waals surface area contributed by atoms with Gasteiger partial charge in [0.2, 0.25) is 12.7 Å². The number of nitrogens with one attached hydrogen (secondary N) is 1. The van der Waals surface area contributed by atoms with Crippen molar-refractivity contribution in [2.45, 2.75) is 12.1 Å². The van der Waals surface area contributed by atoms with Crippen molar-refractivity contribution in [1.82, 2.24) is 9.55 Å². The summed E-state index contributed by atoms with van der Waals surface area (Å²) in [6, 6.07) is 20.0. The van der Waals surface area contributed by atoms with E-state index in [-0.39, 0.29) is 24.0 Å². The maximum Gasteiger partial charge on any atom is 0.266 e. The van der Waals surface area contributed by atoms with E-state index in [1.807, 2.05) is 37.3 Å². The third-order valence-electron chi connectivity index (χ3n) is 5.03. The Morgan fingerprint density at radius 3 is 2.69 bits per heavy atom. The number of benzene rings is 3. The third-order valence-corrected chi connectivity index (χ3v) is 5.97. The Labute approximate surface area is 188 Å². The number of thioether (sulfide) groups is 1. The molecule has 1 aliphatic heterocycles. The van der Waals surface area contributed by atoms with E-state index >= 15 is 0 Å². The van der Waals surface area contributed by atoms with Gasteiger partial charge in [-0.3, -0.25) is 14.2 Å². The van der Waals surface area contributed by atoms with E-state index < -0.39 is 0 Å². The van der Waals surface area contributed by atoms with Gasteiger partial charge in [-0.25, -0.2) is 4.98 Å². The van der Waals surface area contributed by atoms with Crippen molar-refractivity contribution in [3.05, 3.63) is 82.6 Å². The average Bonchev–Trinajstić information content (AvgIpc) is 3.27. The summed E-state index contributed by atoms with van der Waals surface area (Å²) in [6.07, 6.45) is 0. The summed E-state index contributed by atoms with van der Waals surface area (Å²) in [6.45, 7) is 2.13. The fourth-order valence-electron chi connectivity index (χ4n) is 3.43. The lowest BCUT2D eigenvalue weighted by molar-refractivity contribution is -0.113. The lowest BCUT2D eigenvalue weighted by Gasteiger charge is -2.14. The monoisotopic (exact) mass is 445 g/mol. The number of para-hydroxylation sites is 1. The van der Waals surface area contributed by atoms with Gasteiger partial charge in [0.1, 0.15) is 0 Å². The van der Waals surface area contributed by atoms with Crippen molar-refractivity contribution in [2.75, 3.05) is 17.9 Å². The predicted octanol–water partition coefficient (Wildman–Crippen LogP) is 4.15. The number of anilines is 1. The number of nitrogens with zero attached hydrogens (tertiary/aromatic N) is 2. The number of hydrogen-bond acceptors (Lipinski definition) is 6. The number of aryl methyl sites for hydroxylation is 1. The van der Waals surface area contributed by atoms with Gasteiger partial charge in [0.05, 0.1) is 22.3 Å². The second-order valence-corrected chi connectivity index (χ2v) is 8.24. The quantitative estimate of drug-likeness (QED) is 0.367. The molecule has 7 nitrogen and oxygen atoms in total. The van der Waals surface area contributed by atoms with E-state index in [1.165, 1.54) is 16.3 Å². The van der Waals surface area contributed by atoms with Crippen molar-refractivity contribution in [3.8, 4) is 17.2 Å². The van der Waals surface area contributed by atoms with Gasteiger partial charge in [-0.05, 0) is 43.3 Å². The Hall–Kier alpha value is -3.78. The van der Waals surface area contributed by atoms with E-state index in [0.29, 0.717) is 33.2 Å². The molecule has 0 aliphatic carbocycles. The molecule has 160 valence electrons. The number of carbonyl (C=O) groups is 1. The summed E-state index contributed by atoms with van der Waals surface area (Å²) >= 11 is 1.20. The number of hydrogen-bond donors (Lipinski definition) is 1. The first-order valence-corrected chi connectivity index (χ1v) is 11.0. The Kier molecular flexibility index (Phi) is 5.28. The molecule has 32 heavy (non-hydrogen) atoms. The second kappa shape index (κ2) is 8.39. The van der Waals surface area contributed by atoms with Crippen LogP contribution in [-0.4, -0.2) is 28.0 Å². The lowest BCUT2D eigenvalue weighted by Crippen LogP contribution is -2.23. The van der Waals surface area contributed by atoms with E-state index in [4.69, 9.17) is 9.47 Å². The Morgan fingerprint density at radius 1 is 1.06 bits per heavy atom. The SMILES string of the molecule is Cc1ccc(NC(=O)CSc2nc3ccccc3c(=O)n2-c2ccc3c(c2)OCO3)cc1. The molecule has 0 atom stereocenters. The normalized spacial score (nSPS) is 12.2. The van der Waals surface area contributed by atoms with Crippen molar-refractivity contribution >= 4 is 34.3 Å². The molecule has 0 fully saturated rings. The van der Waals surface area contributed by atoms with Crippen LogP contribution in [0.15, 0.2) is 76.7 Å². The number of carbonyl (C=O) groups excluding carboxylic acids is 1. The van der Waals surface area contributed by atoms with Crippen LogP contribution in [0.2, 0.25) is 0 Å². The molecule has 0 spiro atoms. The molecule has 3 aromatic carbocycles. The topological polar surface area (TPSA) is 82.5 Å². The zero-order chi connectivity index (χ0) is 22.1. The molecule has 0 bridgehead atoms. The van der Waals surface area contributed by atoms with Crippen LogP contribution in [0.5, 0.6) is 11.5 Å². The summed E-state index contributed by atoms with van der Waals surface area (Å²) < 4.78 is 12.4. The molecule has 1 aromatic heterocycles. The number of aromatic nitrogens is 2. The molecule has 1 N–H and O–H groups in total. The standard InChI is InChI=1S/C24H19N3O4S/c1-15-6-8-16(9-7-15)25-22(28)13-32-24-26-19-5-3-2-4-18(19)23(29)27(24)17-10-11-20-21(12-17)31-14-30-20/h2-12H,13-14H2,1H3,(H,25,28). The summed E-state index contributed by atoms with van der Waals surface area (Å²) in [4.78, 5) is 30.6. The minimum Gasteiger partial charge on any atom is -0.454 e. The highest BCUT2D eigenvalue weighted by molar-refractivity contribution is 7.99. The molecular weight excluding hydrogens is 426 g/mol. The van der Waals surface area contributed by atoms with Crippen molar-refractivity contribution in [3.63, 3.8) is 0 Å². The van der Waals surface area contributed by atoms with Gasteiger partial charge in [-0.15, -0.1) is 0 Å². The fraction of sp³-hybridized carbons (Fsp3) is 0.125. The molecule has 4 aromatic rings. The van der Waals surface area contributed by atoms with Crippen LogP contribution in [0.25, 0.3) is 16.6 Å². The molecule has 0 unspecified atom stereocenters. The molecule has 2 heterocycles. The number of amides is 1. The zero-order valence-electron chi connectivity index (χ0n) is 17.2. The lowest BCUT2D eigenvalue weighted by atomic mass is 10.2. The van der Waals surface area contributed by atoms with Crippen LogP contribution in [0.1, 0.15) is 5.56 Å². The summed E-state index contributed by atoms with van der Waals surface area (Å²) in [5.41, 5.74) is 2.80. The first-order valence-electron chi connectivity index (χ1n) is 9.99. The molecule has 8 heteroatoms. The summed E-state index contributed by atoms with van der Waals surface area (Å²) in [5.74, 6) is 1.11. The average molecular weight is 446 g/mol. The van der Waals surface area contributed by atoms with Crippen molar-refractivity contribution in [2.24, 2.45) is 0 Å². The van der Waals surface area contributed by atoms with Gasteiger partial charge in [0, 0.05) is 11.8 Å². The van der Waals surface area contributed by atoms with Gasteiger partial charge < -0.3 is 14.8 Å². The highest BCUT2D eigenvalue weighted by Gasteiger charge is 2.19. The molecule has 0 radical (unpaired) electrons. The number of fused-ring (bicyclic) bond motifs is 2. The van der Waals surface area contributed by atoms with Gasteiger partial charge in [-0.1, -0.05) is 41.6 Å². The third kappa shape index (κ3) is 3.92. The van der Waals surface area contributed by atoms with Crippen molar-refractivity contribution < 1.29 is 14.3 Å². The predicted molar refractivity (Wildman–Crippen MR) is 124 cm³/mol. The summed E-state index contributed by atoms with van der Waals surface area (Å²) in [5, 5.41) is 3.79. The molecule has 0 saturated carbocycles. The largest absolute Gasteiger partial charge is 0.454 e. The summed E-state index contributed by atoms with van der Waals surface area (Å²) in [7, 11) is 0. The van der Waals surface area contributed by atoms with Crippen LogP contribution in [0.3, 0.4) is 0 Å². The van der Waals surface area contributed by atoms with Crippen LogP contribution < -0.4 is 20.3 Å². The molecule has 1 amide bonds. The second-order valence-electron chi connectivity index (χ2n) is 7.29. The van der Waals surface area contributed by atoms with E-state index in [9.17, 15) is 9.59 Å². The molecular formula is C24H19N3O4S. The maximum absolute atomic E-state index is 13.4. The van der Waals surface area contributed by atoms with Gasteiger partial charge in [0.15, 0.2) is 16.7 Å². The first-order chi connectivity index (χ1) is 15.6. The van der Waals surface area contributed by atoms with Crippen LogP contribution >= 0.6 is 11.8 Å².